The van der Waals surface area contributed by atoms with Gasteiger partial charge in [0.15, 0.2) is 0 Å². The highest BCUT2D eigenvalue weighted by atomic mass is 32.2. The summed E-state index contributed by atoms with van der Waals surface area (Å²) in [7, 11) is -3.49. The molecule has 0 unspecified atom stereocenters. The second kappa shape index (κ2) is 6.08. The zero-order valence-corrected chi connectivity index (χ0v) is 14.5. The van der Waals surface area contributed by atoms with Gasteiger partial charge in [0, 0.05) is 32.2 Å². The molecule has 0 spiro atoms. The number of rotatable bonds is 3. The summed E-state index contributed by atoms with van der Waals surface area (Å²) in [6.07, 6.45) is 5.14. The van der Waals surface area contributed by atoms with E-state index >= 15 is 0 Å². The summed E-state index contributed by atoms with van der Waals surface area (Å²) in [4.78, 5) is 2.75. The Morgan fingerprint density at radius 1 is 1.04 bits per heavy atom. The first-order valence-electron chi connectivity index (χ1n) is 8.12. The van der Waals surface area contributed by atoms with Crippen LogP contribution < -0.4 is 0 Å². The van der Waals surface area contributed by atoms with Crippen molar-refractivity contribution >= 4 is 32.8 Å². The lowest BCUT2D eigenvalue weighted by molar-refractivity contribution is 0.139. The third-order valence-electron chi connectivity index (χ3n) is 4.98. The van der Waals surface area contributed by atoms with Gasteiger partial charge in [-0.1, -0.05) is 18.9 Å². The molecule has 124 valence electrons. The molecule has 2 aromatic rings. The molecular weight excluding hydrogens is 332 g/mol. The molecule has 1 aromatic carbocycles. The molecule has 8 heteroatoms. The quantitative estimate of drug-likeness (QED) is 0.844. The van der Waals surface area contributed by atoms with Gasteiger partial charge in [0.05, 0.1) is 11.7 Å². The van der Waals surface area contributed by atoms with Crippen LogP contribution in [0.2, 0.25) is 0 Å². The molecule has 1 aliphatic carbocycles. The van der Waals surface area contributed by atoms with Crippen LogP contribution in [-0.2, 0) is 10.0 Å². The van der Waals surface area contributed by atoms with Crippen molar-refractivity contribution in [2.24, 2.45) is 0 Å². The predicted molar refractivity (Wildman–Crippen MR) is 90.0 cm³/mol. The molecule has 2 aliphatic rings. The van der Waals surface area contributed by atoms with Crippen LogP contribution in [0.3, 0.4) is 0 Å². The molecule has 0 atom stereocenters. The Hall–Kier alpha value is -1.09. The number of hydrogen-bond acceptors (Lipinski definition) is 6. The van der Waals surface area contributed by atoms with Crippen LogP contribution in [0.15, 0.2) is 23.1 Å². The minimum absolute atomic E-state index is 0.290. The van der Waals surface area contributed by atoms with E-state index in [9.17, 15) is 8.42 Å². The number of hydrogen-bond donors (Lipinski definition) is 0. The Labute approximate surface area is 140 Å². The van der Waals surface area contributed by atoms with Crippen LogP contribution in [0, 0.1) is 0 Å². The first-order chi connectivity index (χ1) is 11.2. The highest BCUT2D eigenvalue weighted by Gasteiger charge is 2.33. The van der Waals surface area contributed by atoms with E-state index in [0.29, 0.717) is 30.2 Å². The van der Waals surface area contributed by atoms with Crippen LogP contribution in [0.1, 0.15) is 25.7 Å². The highest BCUT2D eigenvalue weighted by Crippen LogP contribution is 2.28. The lowest BCUT2D eigenvalue weighted by Crippen LogP contribution is -2.51. The van der Waals surface area contributed by atoms with Gasteiger partial charge < -0.3 is 0 Å². The van der Waals surface area contributed by atoms with Crippen molar-refractivity contribution in [2.45, 2.75) is 36.6 Å². The van der Waals surface area contributed by atoms with E-state index in [-0.39, 0.29) is 4.90 Å². The molecule has 0 bridgehead atoms. The molecule has 23 heavy (non-hydrogen) atoms. The summed E-state index contributed by atoms with van der Waals surface area (Å²) in [6.45, 7) is 2.78. The first-order valence-corrected chi connectivity index (χ1v) is 10.3. The van der Waals surface area contributed by atoms with Gasteiger partial charge in [0.2, 0.25) is 10.0 Å². The average molecular weight is 352 g/mol. The average Bonchev–Trinajstić information content (AvgIpc) is 3.26. The van der Waals surface area contributed by atoms with E-state index < -0.39 is 10.0 Å². The zero-order chi connectivity index (χ0) is 15.9. The minimum atomic E-state index is -3.49. The van der Waals surface area contributed by atoms with E-state index in [0.717, 1.165) is 24.8 Å². The van der Waals surface area contributed by atoms with Crippen LogP contribution >= 0.6 is 11.7 Å². The van der Waals surface area contributed by atoms with E-state index in [2.05, 4.69) is 13.6 Å². The lowest BCUT2D eigenvalue weighted by atomic mass is 10.2. The normalized spacial score (nSPS) is 22.1. The molecule has 1 saturated heterocycles. The number of aromatic nitrogens is 2. The summed E-state index contributed by atoms with van der Waals surface area (Å²) in [6, 6.07) is 5.84. The van der Waals surface area contributed by atoms with Gasteiger partial charge in [0.1, 0.15) is 15.9 Å². The van der Waals surface area contributed by atoms with Gasteiger partial charge in [-0.15, -0.1) is 0 Å². The fraction of sp³-hybridized carbons (Fsp3) is 0.600. The standard InChI is InChI=1S/C15H20N4O2S2/c20-23(21,14-7-3-6-13-15(14)17-22-16-13)19-10-8-18(9-11-19)12-4-1-2-5-12/h3,6-7,12H,1-2,4-5,8-11H2. The minimum Gasteiger partial charge on any atom is -0.298 e. The van der Waals surface area contributed by atoms with Crippen molar-refractivity contribution in [1.82, 2.24) is 18.0 Å². The topological polar surface area (TPSA) is 66.4 Å². The van der Waals surface area contributed by atoms with Crippen LogP contribution in [0.4, 0.5) is 0 Å². The molecular formula is C15H20N4O2S2. The zero-order valence-electron chi connectivity index (χ0n) is 12.9. The monoisotopic (exact) mass is 352 g/mol. The molecule has 0 radical (unpaired) electrons. The molecule has 0 amide bonds. The van der Waals surface area contributed by atoms with Crippen LogP contribution in [0.5, 0.6) is 0 Å². The van der Waals surface area contributed by atoms with E-state index in [1.807, 2.05) is 0 Å². The van der Waals surface area contributed by atoms with Gasteiger partial charge >= 0.3 is 0 Å². The smallest absolute Gasteiger partial charge is 0.245 e. The van der Waals surface area contributed by atoms with Gasteiger partial charge in [-0.3, -0.25) is 4.90 Å². The summed E-state index contributed by atoms with van der Waals surface area (Å²) in [5.41, 5.74) is 1.15. The Kier molecular flexibility index (Phi) is 4.08. The molecule has 1 aromatic heterocycles. The second-order valence-corrected chi connectivity index (χ2v) is 8.70. The van der Waals surface area contributed by atoms with Crippen molar-refractivity contribution < 1.29 is 8.42 Å². The Bertz CT molecular complexity index is 791. The summed E-state index contributed by atoms with van der Waals surface area (Å²) in [5, 5.41) is 0. The fourth-order valence-corrected chi connectivity index (χ4v) is 5.88. The molecule has 0 N–H and O–H groups in total. The van der Waals surface area contributed by atoms with Crippen molar-refractivity contribution in [2.75, 3.05) is 26.2 Å². The second-order valence-electron chi connectivity index (χ2n) is 6.27. The molecule has 1 saturated carbocycles. The predicted octanol–water partition coefficient (Wildman–Crippen LogP) is 1.94. The third-order valence-corrected chi connectivity index (χ3v) is 7.45. The largest absolute Gasteiger partial charge is 0.298 e. The summed E-state index contributed by atoms with van der Waals surface area (Å²) < 4.78 is 35.9. The molecule has 2 heterocycles. The van der Waals surface area contributed by atoms with Gasteiger partial charge in [-0.2, -0.15) is 13.1 Å². The molecule has 6 nitrogen and oxygen atoms in total. The number of fused-ring (bicyclic) bond motifs is 1. The van der Waals surface area contributed by atoms with Crippen LogP contribution in [-0.4, -0.2) is 58.6 Å². The van der Waals surface area contributed by atoms with Crippen LogP contribution in [0.25, 0.3) is 11.0 Å². The Balaban J connectivity index is 1.54. The van der Waals surface area contributed by atoms with Gasteiger partial charge in [-0.05, 0) is 25.0 Å². The Morgan fingerprint density at radius 3 is 2.52 bits per heavy atom. The van der Waals surface area contributed by atoms with Crippen molar-refractivity contribution in [1.29, 1.82) is 0 Å². The first kappa shape index (κ1) is 15.4. The number of sulfonamides is 1. The highest BCUT2D eigenvalue weighted by molar-refractivity contribution is 7.89. The maximum atomic E-state index is 13.0. The van der Waals surface area contributed by atoms with Crippen molar-refractivity contribution in [3.8, 4) is 0 Å². The SMILES string of the molecule is O=S(=O)(c1cccc2nsnc12)N1CCN(C2CCCC2)CC1. The maximum absolute atomic E-state index is 13.0. The van der Waals surface area contributed by atoms with Gasteiger partial charge in [-0.25, -0.2) is 8.42 Å². The number of nitrogens with zero attached hydrogens (tertiary/aromatic N) is 4. The van der Waals surface area contributed by atoms with Crippen molar-refractivity contribution in [3.05, 3.63) is 18.2 Å². The van der Waals surface area contributed by atoms with E-state index in [1.165, 1.54) is 25.7 Å². The number of piperazine rings is 1. The molecule has 2 fully saturated rings. The summed E-state index contributed by atoms with van der Waals surface area (Å²) >= 11 is 1.06. The molecule has 1 aliphatic heterocycles. The Morgan fingerprint density at radius 2 is 1.78 bits per heavy atom. The van der Waals surface area contributed by atoms with Crippen molar-refractivity contribution in [3.63, 3.8) is 0 Å². The summed E-state index contributed by atoms with van der Waals surface area (Å²) in [5.74, 6) is 0. The van der Waals surface area contributed by atoms with E-state index in [1.54, 1.807) is 22.5 Å². The fourth-order valence-electron chi connectivity index (χ4n) is 3.71. The van der Waals surface area contributed by atoms with E-state index in [4.69, 9.17) is 0 Å². The van der Waals surface area contributed by atoms with Gasteiger partial charge in [0.25, 0.3) is 0 Å². The number of benzene rings is 1. The lowest BCUT2D eigenvalue weighted by Gasteiger charge is -2.37. The molecule has 4 rings (SSSR count). The maximum Gasteiger partial charge on any atom is 0.245 e. The third kappa shape index (κ3) is 2.77.